The second-order valence-electron chi connectivity index (χ2n) is 5.12. The summed E-state index contributed by atoms with van der Waals surface area (Å²) in [6.07, 6.45) is -3.15. The molecule has 21 heavy (non-hydrogen) atoms. The van der Waals surface area contributed by atoms with E-state index in [-0.39, 0.29) is 12.1 Å². The van der Waals surface area contributed by atoms with Gasteiger partial charge in [0.25, 0.3) is 0 Å². The van der Waals surface area contributed by atoms with Gasteiger partial charge >= 0.3 is 12.3 Å². The minimum absolute atomic E-state index is 0.0365. The SMILES string of the molecule is CC(C)(C)OC(=O)NCC#Cc1cncc(C(F)(F)F)c1. The zero-order valence-corrected chi connectivity index (χ0v) is 11.8. The predicted molar refractivity (Wildman–Crippen MR) is 70.4 cm³/mol. The maximum absolute atomic E-state index is 12.5. The van der Waals surface area contributed by atoms with Crippen LogP contribution in [0.3, 0.4) is 0 Å². The Morgan fingerprint density at radius 2 is 2.00 bits per heavy atom. The molecule has 0 aliphatic heterocycles. The fraction of sp³-hybridized carbons (Fsp3) is 0.429. The van der Waals surface area contributed by atoms with Crippen molar-refractivity contribution in [2.45, 2.75) is 32.5 Å². The Morgan fingerprint density at radius 3 is 2.57 bits per heavy atom. The molecule has 0 radical (unpaired) electrons. The van der Waals surface area contributed by atoms with Crippen LogP contribution < -0.4 is 5.32 Å². The summed E-state index contributed by atoms with van der Waals surface area (Å²) < 4.78 is 42.3. The summed E-state index contributed by atoms with van der Waals surface area (Å²) in [5.74, 6) is 5.02. The highest BCUT2D eigenvalue weighted by atomic mass is 19.4. The van der Waals surface area contributed by atoms with E-state index in [2.05, 4.69) is 22.1 Å². The summed E-state index contributed by atoms with van der Waals surface area (Å²) in [6, 6.07) is 0.896. The van der Waals surface area contributed by atoms with Crippen LogP contribution in [-0.4, -0.2) is 23.2 Å². The number of ether oxygens (including phenoxy) is 1. The van der Waals surface area contributed by atoms with Gasteiger partial charge in [-0.15, -0.1) is 0 Å². The zero-order chi connectivity index (χ0) is 16.1. The molecule has 0 saturated heterocycles. The first-order chi connectivity index (χ1) is 9.58. The van der Waals surface area contributed by atoms with Gasteiger partial charge in [0.2, 0.25) is 0 Å². The highest BCUT2D eigenvalue weighted by molar-refractivity contribution is 5.68. The van der Waals surface area contributed by atoms with Crippen LogP contribution in [0.1, 0.15) is 31.9 Å². The molecule has 114 valence electrons. The van der Waals surface area contributed by atoms with Gasteiger partial charge in [-0.2, -0.15) is 13.2 Å². The first-order valence-corrected chi connectivity index (χ1v) is 6.06. The normalized spacial score (nSPS) is 11.3. The van der Waals surface area contributed by atoms with Crippen LogP contribution in [0.5, 0.6) is 0 Å². The van der Waals surface area contributed by atoms with Crippen molar-refractivity contribution in [2.75, 3.05) is 6.54 Å². The number of amides is 1. The van der Waals surface area contributed by atoms with Gasteiger partial charge in [-0.3, -0.25) is 4.98 Å². The monoisotopic (exact) mass is 300 g/mol. The van der Waals surface area contributed by atoms with Crippen LogP contribution in [0.25, 0.3) is 0 Å². The van der Waals surface area contributed by atoms with E-state index in [1.54, 1.807) is 20.8 Å². The van der Waals surface area contributed by atoms with Gasteiger partial charge in [-0.25, -0.2) is 4.79 Å². The predicted octanol–water partition coefficient (Wildman–Crippen LogP) is 2.98. The number of carbonyl (C=O) groups excluding carboxylic acids is 1. The van der Waals surface area contributed by atoms with Gasteiger partial charge in [0.05, 0.1) is 12.1 Å². The van der Waals surface area contributed by atoms with Crippen molar-refractivity contribution >= 4 is 6.09 Å². The Morgan fingerprint density at radius 1 is 1.33 bits per heavy atom. The topological polar surface area (TPSA) is 51.2 Å². The minimum atomic E-state index is -4.46. The van der Waals surface area contributed by atoms with Crippen molar-refractivity contribution in [3.8, 4) is 11.8 Å². The molecule has 0 atom stereocenters. The van der Waals surface area contributed by atoms with E-state index in [1.165, 1.54) is 6.20 Å². The second-order valence-corrected chi connectivity index (χ2v) is 5.12. The number of pyridine rings is 1. The van der Waals surface area contributed by atoms with E-state index in [0.717, 1.165) is 12.3 Å². The van der Waals surface area contributed by atoms with E-state index in [1.807, 2.05) is 0 Å². The molecule has 0 unspecified atom stereocenters. The van der Waals surface area contributed by atoms with Crippen LogP contribution in [0.2, 0.25) is 0 Å². The molecule has 1 aromatic rings. The van der Waals surface area contributed by atoms with E-state index >= 15 is 0 Å². The molecule has 0 bridgehead atoms. The lowest BCUT2D eigenvalue weighted by atomic mass is 10.2. The number of aromatic nitrogens is 1. The average molecular weight is 300 g/mol. The molecule has 0 spiro atoms. The van der Waals surface area contributed by atoms with Crippen LogP contribution in [0, 0.1) is 11.8 Å². The van der Waals surface area contributed by atoms with Gasteiger partial charge in [0.15, 0.2) is 0 Å². The molecule has 1 rings (SSSR count). The number of carbonyl (C=O) groups is 1. The molecule has 4 nitrogen and oxygen atoms in total. The van der Waals surface area contributed by atoms with Crippen LogP contribution in [-0.2, 0) is 10.9 Å². The Balaban J connectivity index is 2.58. The zero-order valence-electron chi connectivity index (χ0n) is 11.8. The number of nitrogens with one attached hydrogen (secondary N) is 1. The minimum Gasteiger partial charge on any atom is -0.444 e. The van der Waals surface area contributed by atoms with Crippen molar-refractivity contribution in [1.29, 1.82) is 0 Å². The van der Waals surface area contributed by atoms with Crippen molar-refractivity contribution in [3.05, 3.63) is 29.6 Å². The molecule has 0 fully saturated rings. The van der Waals surface area contributed by atoms with Gasteiger partial charge in [-0.1, -0.05) is 11.8 Å². The second kappa shape index (κ2) is 6.48. The van der Waals surface area contributed by atoms with Gasteiger partial charge in [-0.05, 0) is 26.8 Å². The maximum Gasteiger partial charge on any atom is 0.417 e. The maximum atomic E-state index is 12.5. The van der Waals surface area contributed by atoms with E-state index in [9.17, 15) is 18.0 Å². The van der Waals surface area contributed by atoms with Crippen molar-refractivity contribution in [2.24, 2.45) is 0 Å². The molecule has 1 N–H and O–H groups in total. The summed E-state index contributed by atoms with van der Waals surface area (Å²) in [6.45, 7) is 5.11. The Labute approximate surface area is 120 Å². The largest absolute Gasteiger partial charge is 0.444 e. The quantitative estimate of drug-likeness (QED) is 0.811. The third-order valence-electron chi connectivity index (χ3n) is 2.02. The molecule has 0 aliphatic carbocycles. The number of nitrogens with zero attached hydrogens (tertiary/aromatic N) is 1. The van der Waals surface area contributed by atoms with E-state index in [0.29, 0.717) is 0 Å². The summed E-state index contributed by atoms with van der Waals surface area (Å²) in [5.41, 5.74) is -1.37. The summed E-state index contributed by atoms with van der Waals surface area (Å²) in [5, 5.41) is 2.38. The molecular formula is C14H15F3N2O2. The first-order valence-electron chi connectivity index (χ1n) is 6.06. The van der Waals surface area contributed by atoms with Crippen molar-refractivity contribution in [3.63, 3.8) is 0 Å². The third kappa shape index (κ3) is 6.65. The molecule has 1 amide bonds. The van der Waals surface area contributed by atoms with E-state index in [4.69, 9.17) is 4.74 Å². The molecule has 0 saturated carbocycles. The highest BCUT2D eigenvalue weighted by Gasteiger charge is 2.30. The lowest BCUT2D eigenvalue weighted by Gasteiger charge is -2.18. The van der Waals surface area contributed by atoms with Crippen LogP contribution in [0.15, 0.2) is 18.5 Å². The van der Waals surface area contributed by atoms with Crippen LogP contribution >= 0.6 is 0 Å². The van der Waals surface area contributed by atoms with Gasteiger partial charge < -0.3 is 10.1 Å². The smallest absolute Gasteiger partial charge is 0.417 e. The Bertz CT molecular complexity index is 566. The molecule has 1 aromatic heterocycles. The lowest BCUT2D eigenvalue weighted by molar-refractivity contribution is -0.137. The Kier molecular flexibility index (Phi) is 5.19. The highest BCUT2D eigenvalue weighted by Crippen LogP contribution is 2.28. The number of rotatable bonds is 1. The summed E-state index contributed by atoms with van der Waals surface area (Å²) >= 11 is 0. The number of alkyl carbamates (subject to hydrolysis) is 1. The summed E-state index contributed by atoms with van der Waals surface area (Å²) in [4.78, 5) is 14.8. The Hall–Kier alpha value is -2.23. The van der Waals surface area contributed by atoms with Crippen LogP contribution in [0.4, 0.5) is 18.0 Å². The van der Waals surface area contributed by atoms with E-state index < -0.39 is 23.4 Å². The number of halogens is 3. The molecular weight excluding hydrogens is 285 g/mol. The average Bonchev–Trinajstić information content (AvgIpc) is 2.32. The van der Waals surface area contributed by atoms with Gasteiger partial charge in [0.1, 0.15) is 5.60 Å². The standard InChI is InChI=1S/C14H15F3N2O2/c1-13(2,3)21-12(20)19-6-4-5-10-7-11(9-18-8-10)14(15,16)17/h7-9H,6H2,1-3H3,(H,19,20). The molecule has 1 heterocycles. The van der Waals surface area contributed by atoms with Crippen molar-refractivity contribution < 1.29 is 22.7 Å². The van der Waals surface area contributed by atoms with Gasteiger partial charge in [0, 0.05) is 18.0 Å². The third-order valence-corrected chi connectivity index (χ3v) is 2.02. The fourth-order valence-corrected chi connectivity index (χ4v) is 1.24. The molecule has 7 heteroatoms. The fourth-order valence-electron chi connectivity index (χ4n) is 1.24. The van der Waals surface area contributed by atoms with Crippen molar-refractivity contribution in [1.82, 2.24) is 10.3 Å². The number of hydrogen-bond acceptors (Lipinski definition) is 3. The molecule has 0 aliphatic rings. The number of hydrogen-bond donors (Lipinski definition) is 1. The number of alkyl halides is 3. The summed E-state index contributed by atoms with van der Waals surface area (Å²) in [7, 11) is 0. The lowest BCUT2D eigenvalue weighted by Crippen LogP contribution is -2.32. The first kappa shape index (κ1) is 16.8. The molecule has 0 aromatic carbocycles.